The summed E-state index contributed by atoms with van der Waals surface area (Å²) >= 11 is 7.62. The second-order valence-corrected chi connectivity index (χ2v) is 9.70. The van der Waals surface area contributed by atoms with E-state index in [9.17, 15) is 9.59 Å². The van der Waals surface area contributed by atoms with Crippen molar-refractivity contribution in [1.29, 1.82) is 0 Å². The van der Waals surface area contributed by atoms with Gasteiger partial charge in [0, 0.05) is 29.4 Å². The van der Waals surface area contributed by atoms with Gasteiger partial charge in [0.2, 0.25) is 11.8 Å². The van der Waals surface area contributed by atoms with Crippen molar-refractivity contribution in [3.8, 4) is 5.75 Å². The van der Waals surface area contributed by atoms with E-state index in [-0.39, 0.29) is 11.8 Å². The van der Waals surface area contributed by atoms with Gasteiger partial charge in [0.05, 0.1) is 7.11 Å². The highest BCUT2D eigenvalue weighted by molar-refractivity contribution is 7.99. The summed E-state index contributed by atoms with van der Waals surface area (Å²) < 4.78 is 5.22. The number of amides is 2. The van der Waals surface area contributed by atoms with Gasteiger partial charge in [-0.1, -0.05) is 37.6 Å². The molecule has 7 heteroatoms. The van der Waals surface area contributed by atoms with Crippen LogP contribution in [0.3, 0.4) is 0 Å². The van der Waals surface area contributed by atoms with Crippen molar-refractivity contribution in [2.24, 2.45) is 5.92 Å². The number of nitrogens with one attached hydrogen (secondary N) is 1. The molecular formula is C25H33ClN2O3S. The lowest BCUT2D eigenvalue weighted by molar-refractivity contribution is -0.140. The van der Waals surface area contributed by atoms with Crippen molar-refractivity contribution in [1.82, 2.24) is 10.2 Å². The Balaban J connectivity index is 1.99. The number of carbonyl (C=O) groups excluding carboxylic acids is 2. The van der Waals surface area contributed by atoms with E-state index in [0.717, 1.165) is 28.4 Å². The molecule has 2 rings (SSSR count). The van der Waals surface area contributed by atoms with Crippen LogP contribution >= 0.6 is 23.4 Å². The number of hydrogen-bond acceptors (Lipinski definition) is 4. The average Bonchev–Trinajstić information content (AvgIpc) is 2.79. The Morgan fingerprint density at radius 2 is 1.72 bits per heavy atom. The number of carbonyl (C=O) groups is 2. The molecule has 1 atom stereocenters. The Hall–Kier alpha value is -2.18. The Morgan fingerprint density at radius 1 is 1.06 bits per heavy atom. The van der Waals surface area contributed by atoms with Crippen molar-refractivity contribution < 1.29 is 14.3 Å². The summed E-state index contributed by atoms with van der Waals surface area (Å²) in [5.41, 5.74) is 0.957. The highest BCUT2D eigenvalue weighted by atomic mass is 35.5. The molecule has 174 valence electrons. The van der Waals surface area contributed by atoms with E-state index in [1.165, 1.54) is 0 Å². The van der Waals surface area contributed by atoms with E-state index in [2.05, 4.69) is 5.32 Å². The molecule has 2 amide bonds. The molecule has 2 aromatic rings. The zero-order valence-electron chi connectivity index (χ0n) is 19.3. The van der Waals surface area contributed by atoms with Gasteiger partial charge in [0.15, 0.2) is 0 Å². The number of thioether (sulfide) groups is 1. The zero-order chi connectivity index (χ0) is 23.5. The topological polar surface area (TPSA) is 58.6 Å². The molecule has 0 saturated carbocycles. The molecule has 0 aliphatic rings. The molecule has 0 saturated heterocycles. The number of benzene rings is 2. The fourth-order valence-corrected chi connectivity index (χ4v) is 4.03. The summed E-state index contributed by atoms with van der Waals surface area (Å²) in [6, 6.07) is 14.7. The van der Waals surface area contributed by atoms with Gasteiger partial charge in [0.25, 0.3) is 0 Å². The van der Waals surface area contributed by atoms with E-state index >= 15 is 0 Å². The Morgan fingerprint density at radius 3 is 2.31 bits per heavy atom. The SMILES string of the molecule is COc1ccc(CN(C(=O)CCCSc2ccc(Cl)cc2)[C@H](C)C(=O)NCC(C)C)cc1. The maximum Gasteiger partial charge on any atom is 0.242 e. The first kappa shape index (κ1) is 26.1. The van der Waals surface area contributed by atoms with Crippen LogP contribution in [0.5, 0.6) is 5.75 Å². The quantitative estimate of drug-likeness (QED) is 0.328. The summed E-state index contributed by atoms with van der Waals surface area (Å²) in [6.45, 7) is 6.85. The number of halogens is 1. The first-order valence-electron chi connectivity index (χ1n) is 10.9. The molecule has 1 N–H and O–H groups in total. The van der Waals surface area contributed by atoms with Gasteiger partial charge in [-0.2, -0.15) is 0 Å². The normalized spacial score (nSPS) is 11.8. The number of rotatable bonds is 12. The molecule has 0 heterocycles. The number of ether oxygens (including phenoxy) is 1. The second-order valence-electron chi connectivity index (χ2n) is 8.09. The van der Waals surface area contributed by atoms with Gasteiger partial charge in [0.1, 0.15) is 11.8 Å². The number of hydrogen-bond donors (Lipinski definition) is 1. The Labute approximate surface area is 200 Å². The van der Waals surface area contributed by atoms with Crippen molar-refractivity contribution >= 4 is 35.2 Å². The summed E-state index contributed by atoms with van der Waals surface area (Å²) in [7, 11) is 1.62. The molecule has 2 aromatic carbocycles. The van der Waals surface area contributed by atoms with Crippen LogP contribution in [0.2, 0.25) is 5.02 Å². The third-order valence-electron chi connectivity index (χ3n) is 4.98. The number of nitrogens with zero attached hydrogens (tertiary/aromatic N) is 1. The Kier molecular flexibility index (Phi) is 10.9. The van der Waals surface area contributed by atoms with E-state index in [1.54, 1.807) is 30.7 Å². The van der Waals surface area contributed by atoms with Gasteiger partial charge in [-0.15, -0.1) is 11.8 Å². The highest BCUT2D eigenvalue weighted by Gasteiger charge is 2.25. The van der Waals surface area contributed by atoms with Crippen molar-refractivity contribution in [3.05, 3.63) is 59.1 Å². The third-order valence-corrected chi connectivity index (χ3v) is 6.33. The summed E-state index contributed by atoms with van der Waals surface area (Å²) in [4.78, 5) is 28.6. The van der Waals surface area contributed by atoms with Crippen molar-refractivity contribution in [2.45, 2.75) is 51.1 Å². The molecule has 0 spiro atoms. The maximum absolute atomic E-state index is 13.1. The molecule has 0 radical (unpaired) electrons. The van der Waals surface area contributed by atoms with E-state index < -0.39 is 6.04 Å². The first-order valence-corrected chi connectivity index (χ1v) is 12.2. The van der Waals surface area contributed by atoms with Crippen LogP contribution in [-0.2, 0) is 16.1 Å². The molecule has 0 fully saturated rings. The third kappa shape index (κ3) is 8.75. The van der Waals surface area contributed by atoms with Crippen LogP contribution in [0.25, 0.3) is 0 Å². The van der Waals surface area contributed by atoms with Crippen LogP contribution < -0.4 is 10.1 Å². The Bertz CT molecular complexity index is 856. The van der Waals surface area contributed by atoms with Crippen molar-refractivity contribution in [3.63, 3.8) is 0 Å². The van der Waals surface area contributed by atoms with E-state index in [1.807, 2.05) is 62.4 Å². The first-order chi connectivity index (χ1) is 15.3. The predicted octanol–water partition coefficient (Wildman–Crippen LogP) is 5.41. The minimum Gasteiger partial charge on any atom is -0.497 e. The molecule has 32 heavy (non-hydrogen) atoms. The van der Waals surface area contributed by atoms with Crippen LogP contribution in [0.1, 0.15) is 39.2 Å². The molecular weight excluding hydrogens is 444 g/mol. The zero-order valence-corrected chi connectivity index (χ0v) is 20.8. The lowest BCUT2D eigenvalue weighted by Gasteiger charge is -2.29. The van der Waals surface area contributed by atoms with Gasteiger partial charge in [-0.3, -0.25) is 9.59 Å². The molecule has 0 bridgehead atoms. The molecule has 0 aliphatic carbocycles. The molecule has 5 nitrogen and oxygen atoms in total. The standard InChI is InChI=1S/C25H33ClN2O3S/c1-18(2)16-27-25(30)19(3)28(17-20-7-11-22(31-4)12-8-20)24(29)6-5-15-32-23-13-9-21(26)10-14-23/h7-14,18-19H,5-6,15-17H2,1-4H3,(H,27,30)/t19-/m1/s1. The second kappa shape index (κ2) is 13.4. The number of methoxy groups -OCH3 is 1. The summed E-state index contributed by atoms with van der Waals surface area (Å²) in [6.07, 6.45) is 1.12. The monoisotopic (exact) mass is 476 g/mol. The van der Waals surface area contributed by atoms with Crippen LogP contribution in [0.4, 0.5) is 0 Å². The van der Waals surface area contributed by atoms with Gasteiger partial charge >= 0.3 is 0 Å². The smallest absolute Gasteiger partial charge is 0.242 e. The van der Waals surface area contributed by atoms with E-state index in [0.29, 0.717) is 30.5 Å². The minimum atomic E-state index is -0.549. The minimum absolute atomic E-state index is 0.0234. The highest BCUT2D eigenvalue weighted by Crippen LogP contribution is 2.22. The summed E-state index contributed by atoms with van der Waals surface area (Å²) in [5.74, 6) is 1.77. The van der Waals surface area contributed by atoms with E-state index in [4.69, 9.17) is 16.3 Å². The summed E-state index contributed by atoms with van der Waals surface area (Å²) in [5, 5.41) is 3.66. The molecule has 0 unspecified atom stereocenters. The average molecular weight is 477 g/mol. The predicted molar refractivity (Wildman–Crippen MR) is 132 cm³/mol. The maximum atomic E-state index is 13.1. The van der Waals surface area contributed by atoms with Gasteiger partial charge in [-0.25, -0.2) is 0 Å². The van der Waals surface area contributed by atoms with Crippen LogP contribution in [0.15, 0.2) is 53.4 Å². The van der Waals surface area contributed by atoms with Gasteiger partial charge in [-0.05, 0) is 67.0 Å². The van der Waals surface area contributed by atoms with Crippen molar-refractivity contribution in [2.75, 3.05) is 19.4 Å². The lowest BCUT2D eigenvalue weighted by atomic mass is 10.1. The fourth-order valence-electron chi connectivity index (χ4n) is 3.05. The largest absolute Gasteiger partial charge is 0.497 e. The molecule has 0 aliphatic heterocycles. The van der Waals surface area contributed by atoms with Crippen LogP contribution in [-0.4, -0.2) is 42.2 Å². The lowest BCUT2D eigenvalue weighted by Crippen LogP contribution is -2.48. The van der Waals surface area contributed by atoms with Gasteiger partial charge < -0.3 is 15.0 Å². The van der Waals surface area contributed by atoms with Crippen LogP contribution in [0, 0.1) is 5.92 Å². The molecule has 0 aromatic heterocycles. The fraction of sp³-hybridized carbons (Fsp3) is 0.440.